The molecule has 1 aromatic carbocycles. The van der Waals surface area contributed by atoms with Gasteiger partial charge in [0.2, 0.25) is 0 Å². The number of benzene rings is 1. The van der Waals surface area contributed by atoms with Crippen LogP contribution in [0.3, 0.4) is 0 Å². The molecule has 19 heavy (non-hydrogen) atoms. The fraction of sp³-hybridized carbons (Fsp3) is 0.385. The van der Waals surface area contributed by atoms with E-state index in [2.05, 4.69) is 15.9 Å². The maximum atomic E-state index is 11.0. The molecule has 0 aromatic heterocycles. The van der Waals surface area contributed by atoms with Gasteiger partial charge in [0.1, 0.15) is 12.9 Å². The second kappa shape index (κ2) is 6.06. The van der Waals surface area contributed by atoms with Gasteiger partial charge in [0.25, 0.3) is 0 Å². The molecule has 0 aliphatic carbocycles. The smallest absolute Gasteiger partial charge is 0.312 e. The van der Waals surface area contributed by atoms with E-state index in [4.69, 9.17) is 14.6 Å². The molecule has 0 amide bonds. The minimum absolute atomic E-state index is 0.0161. The third kappa shape index (κ3) is 3.70. The second-order valence-electron chi connectivity index (χ2n) is 4.63. The number of aldehydes is 1. The molecule has 1 aromatic rings. The Balaban J connectivity index is 3.01. The number of hydrogen-bond donors (Lipinski definition) is 1. The van der Waals surface area contributed by atoms with Crippen LogP contribution in [0.5, 0.6) is 11.5 Å². The van der Waals surface area contributed by atoms with E-state index in [-0.39, 0.29) is 6.61 Å². The van der Waals surface area contributed by atoms with E-state index in [0.717, 1.165) is 0 Å². The Morgan fingerprint density at radius 1 is 1.47 bits per heavy atom. The zero-order valence-corrected chi connectivity index (χ0v) is 12.5. The summed E-state index contributed by atoms with van der Waals surface area (Å²) in [6.07, 6.45) is 0.693. The first kappa shape index (κ1) is 15.5. The molecule has 1 N–H and O–H groups in total. The minimum atomic E-state index is -1.02. The van der Waals surface area contributed by atoms with Gasteiger partial charge in [-0.15, -0.1) is 0 Å². The molecule has 0 bridgehead atoms. The summed E-state index contributed by atoms with van der Waals surface area (Å²) in [4.78, 5) is 21.8. The number of ether oxygens (including phenoxy) is 2. The first-order chi connectivity index (χ1) is 8.81. The van der Waals surface area contributed by atoms with E-state index in [0.29, 0.717) is 27.8 Å². The van der Waals surface area contributed by atoms with E-state index in [1.54, 1.807) is 19.9 Å². The van der Waals surface area contributed by atoms with Gasteiger partial charge < -0.3 is 14.6 Å². The number of methoxy groups -OCH3 is 1. The first-order valence-electron chi connectivity index (χ1n) is 5.50. The highest BCUT2D eigenvalue weighted by atomic mass is 79.9. The summed E-state index contributed by atoms with van der Waals surface area (Å²) in [6.45, 7) is 3.11. The van der Waals surface area contributed by atoms with Crippen molar-refractivity contribution in [3.8, 4) is 11.5 Å². The van der Waals surface area contributed by atoms with Crippen LogP contribution >= 0.6 is 15.9 Å². The highest BCUT2D eigenvalue weighted by Gasteiger charge is 2.29. The Kier molecular flexibility index (Phi) is 4.94. The lowest BCUT2D eigenvalue weighted by atomic mass is 9.95. The van der Waals surface area contributed by atoms with Crippen LogP contribution in [-0.4, -0.2) is 31.1 Å². The van der Waals surface area contributed by atoms with Crippen molar-refractivity contribution in [3.63, 3.8) is 0 Å². The summed E-state index contributed by atoms with van der Waals surface area (Å²) in [5, 5.41) is 9.03. The van der Waals surface area contributed by atoms with Crippen molar-refractivity contribution in [1.82, 2.24) is 0 Å². The molecule has 5 nitrogen and oxygen atoms in total. The average Bonchev–Trinajstić information content (AvgIpc) is 2.36. The molecule has 0 aliphatic rings. The predicted octanol–water partition coefficient (Wildman–Crippen LogP) is 2.76. The molecule has 6 heteroatoms. The Labute approximate surface area is 119 Å². The van der Waals surface area contributed by atoms with Gasteiger partial charge in [-0.25, -0.2) is 0 Å². The van der Waals surface area contributed by atoms with Crippen molar-refractivity contribution < 1.29 is 24.2 Å². The van der Waals surface area contributed by atoms with Crippen molar-refractivity contribution in [2.45, 2.75) is 13.8 Å². The van der Waals surface area contributed by atoms with Crippen molar-refractivity contribution in [3.05, 3.63) is 22.2 Å². The van der Waals surface area contributed by atoms with Gasteiger partial charge in [-0.2, -0.15) is 0 Å². The predicted molar refractivity (Wildman–Crippen MR) is 73.0 cm³/mol. The van der Waals surface area contributed by atoms with Crippen molar-refractivity contribution >= 4 is 28.2 Å². The van der Waals surface area contributed by atoms with Crippen LogP contribution in [0.15, 0.2) is 16.6 Å². The monoisotopic (exact) mass is 330 g/mol. The zero-order valence-electron chi connectivity index (χ0n) is 10.9. The van der Waals surface area contributed by atoms with Crippen molar-refractivity contribution in [1.29, 1.82) is 0 Å². The molecule has 0 saturated carbocycles. The largest absolute Gasteiger partial charge is 0.493 e. The third-order valence-electron chi connectivity index (χ3n) is 2.54. The highest BCUT2D eigenvalue weighted by Crippen LogP contribution is 2.37. The van der Waals surface area contributed by atoms with Gasteiger partial charge in [0.15, 0.2) is 11.5 Å². The molecule has 1 rings (SSSR count). The van der Waals surface area contributed by atoms with Crippen LogP contribution in [-0.2, 0) is 4.79 Å². The maximum absolute atomic E-state index is 11.0. The number of carbonyl (C=O) groups excluding carboxylic acids is 1. The number of halogens is 1. The number of carboxylic acids is 1. The summed E-state index contributed by atoms with van der Waals surface area (Å²) in [6, 6.07) is 3.11. The van der Waals surface area contributed by atoms with E-state index in [1.165, 1.54) is 13.2 Å². The third-order valence-corrected chi connectivity index (χ3v) is 3.13. The second-order valence-corrected chi connectivity index (χ2v) is 5.48. The van der Waals surface area contributed by atoms with Gasteiger partial charge in [0.05, 0.1) is 17.0 Å². The summed E-state index contributed by atoms with van der Waals surface area (Å²) < 4.78 is 11.2. The Morgan fingerprint density at radius 2 is 2.11 bits per heavy atom. The van der Waals surface area contributed by atoms with E-state index >= 15 is 0 Å². The van der Waals surface area contributed by atoms with Crippen LogP contribution < -0.4 is 9.47 Å². The molecule has 0 fully saturated rings. The number of carbonyl (C=O) groups is 2. The van der Waals surface area contributed by atoms with Gasteiger partial charge in [-0.3, -0.25) is 9.59 Å². The molecular formula is C13H15BrO5. The number of hydrogen-bond acceptors (Lipinski definition) is 4. The average molecular weight is 331 g/mol. The lowest BCUT2D eigenvalue weighted by Gasteiger charge is -2.21. The van der Waals surface area contributed by atoms with Gasteiger partial charge in [0, 0.05) is 5.56 Å². The Bertz CT molecular complexity index is 496. The van der Waals surface area contributed by atoms with Crippen LogP contribution in [0.1, 0.15) is 24.2 Å². The Hall–Kier alpha value is -1.56. The SMILES string of the molecule is COc1cc(C=O)cc(Br)c1OCC(C)(C)C(=O)O. The number of rotatable bonds is 6. The summed E-state index contributed by atoms with van der Waals surface area (Å²) in [5.41, 5.74) is -0.582. The zero-order chi connectivity index (χ0) is 14.6. The standard InChI is InChI=1S/C13H15BrO5/c1-13(2,12(16)17)7-19-11-9(14)4-8(6-15)5-10(11)18-3/h4-6H,7H2,1-3H3,(H,16,17). The molecule has 104 valence electrons. The first-order valence-corrected chi connectivity index (χ1v) is 6.30. The number of aliphatic carboxylic acids is 1. The lowest BCUT2D eigenvalue weighted by molar-refractivity contribution is -0.148. The van der Waals surface area contributed by atoms with Gasteiger partial charge >= 0.3 is 5.97 Å². The Morgan fingerprint density at radius 3 is 2.58 bits per heavy atom. The van der Waals surface area contributed by atoms with Gasteiger partial charge in [-0.1, -0.05) is 0 Å². The normalized spacial score (nSPS) is 10.9. The molecule has 0 heterocycles. The van der Waals surface area contributed by atoms with E-state index in [9.17, 15) is 9.59 Å². The fourth-order valence-electron chi connectivity index (χ4n) is 1.26. The molecule has 0 saturated heterocycles. The number of carboxylic acid groups (broad SMARTS) is 1. The summed E-state index contributed by atoms with van der Waals surface area (Å²) in [5.74, 6) is -0.202. The van der Waals surface area contributed by atoms with Crippen LogP contribution in [0.25, 0.3) is 0 Å². The topological polar surface area (TPSA) is 72.8 Å². The van der Waals surface area contributed by atoms with Crippen molar-refractivity contribution in [2.75, 3.05) is 13.7 Å². The highest BCUT2D eigenvalue weighted by molar-refractivity contribution is 9.10. The van der Waals surface area contributed by atoms with Crippen LogP contribution in [0.2, 0.25) is 0 Å². The molecule has 0 aliphatic heterocycles. The molecule has 0 atom stereocenters. The van der Waals surface area contributed by atoms with Crippen LogP contribution in [0.4, 0.5) is 0 Å². The van der Waals surface area contributed by atoms with E-state index < -0.39 is 11.4 Å². The molecule has 0 spiro atoms. The maximum Gasteiger partial charge on any atom is 0.312 e. The van der Waals surface area contributed by atoms with Gasteiger partial charge in [-0.05, 0) is 41.9 Å². The quantitative estimate of drug-likeness (QED) is 0.812. The lowest BCUT2D eigenvalue weighted by Crippen LogP contribution is -2.30. The van der Waals surface area contributed by atoms with Crippen molar-refractivity contribution in [2.24, 2.45) is 5.41 Å². The van der Waals surface area contributed by atoms with Crippen LogP contribution in [0, 0.1) is 5.41 Å². The molecule has 0 unspecified atom stereocenters. The minimum Gasteiger partial charge on any atom is -0.493 e. The molecular weight excluding hydrogens is 316 g/mol. The van der Waals surface area contributed by atoms with E-state index in [1.807, 2.05) is 0 Å². The summed E-state index contributed by atoms with van der Waals surface area (Å²) in [7, 11) is 1.45. The summed E-state index contributed by atoms with van der Waals surface area (Å²) >= 11 is 3.27. The molecule has 0 radical (unpaired) electrons. The fourth-order valence-corrected chi connectivity index (χ4v) is 1.84.